The van der Waals surface area contributed by atoms with Gasteiger partial charge in [0.15, 0.2) is 5.78 Å². The SMILES string of the molecule is CCCCC/C=C\C/C=C\CC(=O)/C=C/C=C\CCCC(=O)[O-]. The van der Waals surface area contributed by atoms with Crippen molar-refractivity contribution in [2.75, 3.05) is 0 Å². The largest absolute Gasteiger partial charge is 0.550 e. The molecule has 0 saturated heterocycles. The molecule has 0 saturated carbocycles. The summed E-state index contributed by atoms with van der Waals surface area (Å²) in [4.78, 5) is 21.8. The number of aliphatic carboxylic acids is 1. The topological polar surface area (TPSA) is 57.2 Å². The van der Waals surface area contributed by atoms with Crippen molar-refractivity contribution in [1.82, 2.24) is 0 Å². The summed E-state index contributed by atoms with van der Waals surface area (Å²) in [6.45, 7) is 2.20. The normalized spacial score (nSPS) is 12.2. The summed E-state index contributed by atoms with van der Waals surface area (Å²) in [6.07, 6.45) is 22.6. The van der Waals surface area contributed by atoms with Gasteiger partial charge in [-0.3, -0.25) is 4.79 Å². The molecule has 3 nitrogen and oxygen atoms in total. The zero-order valence-corrected chi connectivity index (χ0v) is 14.2. The van der Waals surface area contributed by atoms with Crippen LogP contribution in [0.2, 0.25) is 0 Å². The lowest BCUT2D eigenvalue weighted by molar-refractivity contribution is -0.305. The van der Waals surface area contributed by atoms with Crippen molar-refractivity contribution in [3.8, 4) is 0 Å². The fourth-order valence-corrected chi connectivity index (χ4v) is 1.87. The first kappa shape index (κ1) is 21.1. The number of hydrogen-bond donors (Lipinski definition) is 0. The first-order valence-electron chi connectivity index (χ1n) is 8.52. The highest BCUT2D eigenvalue weighted by Crippen LogP contribution is 2.01. The van der Waals surface area contributed by atoms with Crippen molar-refractivity contribution in [2.45, 2.75) is 64.7 Å². The maximum absolute atomic E-state index is 11.6. The third-order valence-corrected chi connectivity index (χ3v) is 3.18. The van der Waals surface area contributed by atoms with Crippen molar-refractivity contribution >= 4 is 11.8 Å². The van der Waals surface area contributed by atoms with Gasteiger partial charge in [-0.25, -0.2) is 0 Å². The fourth-order valence-electron chi connectivity index (χ4n) is 1.87. The molecule has 0 N–H and O–H groups in total. The van der Waals surface area contributed by atoms with Gasteiger partial charge in [0.1, 0.15) is 0 Å². The van der Waals surface area contributed by atoms with E-state index in [4.69, 9.17) is 0 Å². The van der Waals surface area contributed by atoms with Crippen LogP contribution in [-0.4, -0.2) is 11.8 Å². The smallest absolute Gasteiger partial charge is 0.159 e. The standard InChI is InChI=1S/C20H30O3/c1-2-3-4-5-6-7-8-10-13-16-19(21)17-14-11-9-12-15-18-20(22)23/h6-7,9-11,13-14,17H,2-5,8,12,15-16,18H2,1H3,(H,22,23)/p-1/b7-6-,11-9-,13-10-,17-14+. The first-order valence-corrected chi connectivity index (χ1v) is 8.52. The predicted octanol–water partition coefficient (Wildman–Crippen LogP) is 4.06. The Morgan fingerprint density at radius 3 is 2.35 bits per heavy atom. The van der Waals surface area contributed by atoms with E-state index in [1.807, 2.05) is 18.2 Å². The lowest BCUT2D eigenvalue weighted by Gasteiger charge is -1.96. The number of hydrogen-bond acceptors (Lipinski definition) is 3. The third kappa shape index (κ3) is 18.1. The van der Waals surface area contributed by atoms with Gasteiger partial charge in [-0.2, -0.15) is 0 Å². The molecule has 0 heterocycles. The molecular formula is C20H29O3-. The highest BCUT2D eigenvalue weighted by molar-refractivity contribution is 5.90. The zero-order valence-electron chi connectivity index (χ0n) is 14.2. The molecule has 0 spiro atoms. The summed E-state index contributed by atoms with van der Waals surface area (Å²) in [5.41, 5.74) is 0. The Morgan fingerprint density at radius 1 is 0.870 bits per heavy atom. The van der Waals surface area contributed by atoms with E-state index in [0.717, 1.165) is 12.8 Å². The lowest BCUT2D eigenvalue weighted by atomic mass is 10.2. The highest BCUT2D eigenvalue weighted by atomic mass is 16.4. The minimum atomic E-state index is -1.02. The molecule has 0 aromatic heterocycles. The monoisotopic (exact) mass is 317 g/mol. The van der Waals surface area contributed by atoms with E-state index in [1.165, 1.54) is 19.3 Å². The maximum atomic E-state index is 11.6. The lowest BCUT2D eigenvalue weighted by Crippen LogP contribution is -2.21. The predicted molar refractivity (Wildman–Crippen MR) is 93.8 cm³/mol. The number of ketones is 1. The Kier molecular flexibility index (Phi) is 15.1. The third-order valence-electron chi connectivity index (χ3n) is 3.18. The molecule has 0 bridgehead atoms. The Morgan fingerprint density at radius 2 is 1.61 bits per heavy atom. The molecule has 0 rings (SSSR count). The van der Waals surface area contributed by atoms with Crippen LogP contribution in [0.5, 0.6) is 0 Å². The molecule has 0 radical (unpaired) electrons. The average molecular weight is 317 g/mol. The molecule has 0 aromatic carbocycles. The molecule has 0 fully saturated rings. The molecule has 23 heavy (non-hydrogen) atoms. The summed E-state index contributed by atoms with van der Waals surface area (Å²) >= 11 is 0. The van der Waals surface area contributed by atoms with E-state index in [9.17, 15) is 14.7 Å². The summed E-state index contributed by atoms with van der Waals surface area (Å²) in [7, 11) is 0. The summed E-state index contributed by atoms with van der Waals surface area (Å²) in [5.74, 6) is -0.959. The number of carboxylic acid groups (broad SMARTS) is 1. The number of unbranched alkanes of at least 4 members (excludes halogenated alkanes) is 4. The van der Waals surface area contributed by atoms with Crippen LogP contribution in [0, 0.1) is 0 Å². The fraction of sp³-hybridized carbons (Fsp3) is 0.500. The van der Waals surface area contributed by atoms with Crippen molar-refractivity contribution in [2.24, 2.45) is 0 Å². The van der Waals surface area contributed by atoms with E-state index in [2.05, 4.69) is 19.1 Å². The van der Waals surface area contributed by atoms with Gasteiger partial charge in [0.25, 0.3) is 0 Å². The summed E-state index contributed by atoms with van der Waals surface area (Å²) in [6, 6.07) is 0. The van der Waals surface area contributed by atoms with Crippen LogP contribution in [0.15, 0.2) is 48.6 Å². The average Bonchev–Trinajstić information content (AvgIpc) is 2.52. The highest BCUT2D eigenvalue weighted by Gasteiger charge is 1.90. The molecule has 3 heteroatoms. The van der Waals surface area contributed by atoms with Gasteiger partial charge in [-0.15, -0.1) is 0 Å². The number of allylic oxidation sites excluding steroid dienone is 8. The number of carbonyl (C=O) groups excluding carboxylic acids is 2. The Hall–Kier alpha value is -1.90. The van der Waals surface area contributed by atoms with Gasteiger partial charge >= 0.3 is 0 Å². The van der Waals surface area contributed by atoms with Crippen molar-refractivity contribution in [3.63, 3.8) is 0 Å². The Balaban J connectivity index is 3.65. The summed E-state index contributed by atoms with van der Waals surface area (Å²) < 4.78 is 0. The van der Waals surface area contributed by atoms with Crippen LogP contribution in [0.4, 0.5) is 0 Å². The molecule has 0 unspecified atom stereocenters. The van der Waals surface area contributed by atoms with Gasteiger partial charge in [0.05, 0.1) is 0 Å². The van der Waals surface area contributed by atoms with Crippen LogP contribution in [0.1, 0.15) is 64.7 Å². The quantitative estimate of drug-likeness (QED) is 0.210. The van der Waals surface area contributed by atoms with Gasteiger partial charge in [-0.05, 0) is 44.6 Å². The van der Waals surface area contributed by atoms with Crippen LogP contribution >= 0.6 is 0 Å². The maximum Gasteiger partial charge on any atom is 0.159 e. The van der Waals surface area contributed by atoms with E-state index in [0.29, 0.717) is 19.3 Å². The van der Waals surface area contributed by atoms with E-state index in [-0.39, 0.29) is 12.2 Å². The second kappa shape index (κ2) is 16.5. The van der Waals surface area contributed by atoms with Crippen LogP contribution in [0.25, 0.3) is 0 Å². The molecule has 128 valence electrons. The minimum Gasteiger partial charge on any atom is -0.550 e. The summed E-state index contributed by atoms with van der Waals surface area (Å²) in [5, 5.41) is 10.2. The number of rotatable bonds is 14. The van der Waals surface area contributed by atoms with E-state index in [1.54, 1.807) is 18.2 Å². The van der Waals surface area contributed by atoms with Crippen molar-refractivity contribution in [1.29, 1.82) is 0 Å². The number of carboxylic acids is 1. The van der Waals surface area contributed by atoms with Gasteiger partial charge in [0.2, 0.25) is 0 Å². The van der Waals surface area contributed by atoms with Crippen LogP contribution in [-0.2, 0) is 9.59 Å². The first-order chi connectivity index (χ1) is 11.2. The Bertz CT molecular complexity index is 428. The van der Waals surface area contributed by atoms with E-state index >= 15 is 0 Å². The second-order valence-electron chi connectivity index (χ2n) is 5.40. The van der Waals surface area contributed by atoms with Crippen molar-refractivity contribution < 1.29 is 14.7 Å². The molecule has 0 atom stereocenters. The Labute approximate surface area is 140 Å². The molecular weight excluding hydrogens is 288 g/mol. The molecule has 0 aliphatic heterocycles. The molecule has 0 aliphatic carbocycles. The number of carbonyl (C=O) groups is 2. The zero-order chi connectivity index (χ0) is 17.2. The second-order valence-corrected chi connectivity index (χ2v) is 5.40. The van der Waals surface area contributed by atoms with Crippen LogP contribution < -0.4 is 5.11 Å². The minimum absolute atomic E-state index is 0.0626. The molecule has 0 aliphatic rings. The molecule has 0 amide bonds. The van der Waals surface area contributed by atoms with Crippen molar-refractivity contribution in [3.05, 3.63) is 48.6 Å². The van der Waals surface area contributed by atoms with E-state index < -0.39 is 5.97 Å². The van der Waals surface area contributed by atoms with Crippen LogP contribution in [0.3, 0.4) is 0 Å². The van der Waals surface area contributed by atoms with Gasteiger partial charge in [0, 0.05) is 12.4 Å². The van der Waals surface area contributed by atoms with Gasteiger partial charge in [-0.1, -0.05) is 62.3 Å². The molecule has 0 aromatic rings. The van der Waals surface area contributed by atoms with Gasteiger partial charge < -0.3 is 9.90 Å².